The number of ether oxygens (including phenoxy) is 1. The summed E-state index contributed by atoms with van der Waals surface area (Å²) in [4.78, 5) is 0. The van der Waals surface area contributed by atoms with Crippen molar-refractivity contribution in [3.8, 4) is 5.75 Å². The third-order valence-corrected chi connectivity index (χ3v) is 3.20. The molecule has 1 aromatic carbocycles. The molecule has 108 valence electrons. The number of hydrogen-bond acceptors (Lipinski definition) is 1. The van der Waals surface area contributed by atoms with Gasteiger partial charge in [0, 0.05) is 0 Å². The van der Waals surface area contributed by atoms with Gasteiger partial charge in [0.05, 0.1) is 7.11 Å². The number of rotatable bonds is 3. The van der Waals surface area contributed by atoms with Gasteiger partial charge in [-0.2, -0.15) is 22.0 Å². The van der Waals surface area contributed by atoms with E-state index in [-0.39, 0.29) is 5.56 Å². The first-order chi connectivity index (χ1) is 8.52. The van der Waals surface area contributed by atoms with Crippen molar-refractivity contribution in [2.24, 2.45) is 0 Å². The fraction of sp³-hybridized carbons (Fsp3) is 0.500. The topological polar surface area (TPSA) is 9.23 Å². The fourth-order valence-electron chi connectivity index (χ4n) is 1.81. The Morgan fingerprint density at radius 1 is 1.05 bits per heavy atom. The molecule has 7 heteroatoms. The van der Waals surface area contributed by atoms with E-state index in [0.717, 1.165) is 0 Å². The van der Waals surface area contributed by atoms with Gasteiger partial charge in [-0.25, -0.2) is 0 Å². The molecule has 0 aliphatic heterocycles. The Morgan fingerprint density at radius 3 is 1.79 bits per heavy atom. The third-order valence-electron chi connectivity index (χ3n) is 2.68. The minimum absolute atomic E-state index is 0.292. The molecule has 1 aromatic rings. The number of aryl methyl sites for hydroxylation is 2. The van der Waals surface area contributed by atoms with Crippen LogP contribution in [0.4, 0.5) is 22.0 Å². The van der Waals surface area contributed by atoms with Gasteiger partial charge in [-0.3, -0.25) is 0 Å². The van der Waals surface area contributed by atoms with Gasteiger partial charge in [0.15, 0.2) is 0 Å². The molecule has 0 saturated heterocycles. The number of methoxy groups -OCH3 is 1. The molecule has 0 radical (unpaired) electrons. The molecule has 0 spiro atoms. The molecule has 0 aliphatic carbocycles. The highest BCUT2D eigenvalue weighted by Crippen LogP contribution is 2.48. The average molecular weight is 303 g/mol. The van der Waals surface area contributed by atoms with Crippen molar-refractivity contribution < 1.29 is 26.7 Å². The normalized spacial score (nSPS) is 14.4. The molecule has 0 amide bonds. The highest BCUT2D eigenvalue weighted by atomic mass is 35.5. The summed E-state index contributed by atoms with van der Waals surface area (Å²) in [5.41, 5.74) is 0.599. The second-order valence-electron chi connectivity index (χ2n) is 4.17. The van der Waals surface area contributed by atoms with Gasteiger partial charge < -0.3 is 4.74 Å². The first-order valence-corrected chi connectivity index (χ1v) is 5.69. The first-order valence-electron chi connectivity index (χ1n) is 5.26. The lowest BCUT2D eigenvalue weighted by atomic mass is 10.00. The van der Waals surface area contributed by atoms with Crippen molar-refractivity contribution in [2.45, 2.75) is 31.3 Å². The first kappa shape index (κ1) is 16.0. The Labute approximate surface area is 112 Å². The number of hydrogen-bond donors (Lipinski definition) is 0. The van der Waals surface area contributed by atoms with E-state index in [1.807, 2.05) is 0 Å². The minimum atomic E-state index is -5.69. The summed E-state index contributed by atoms with van der Waals surface area (Å²) in [5, 5.41) is -2.48. The number of benzene rings is 1. The summed E-state index contributed by atoms with van der Waals surface area (Å²) < 4.78 is 68.1. The lowest BCUT2D eigenvalue weighted by Gasteiger charge is -2.25. The Kier molecular flexibility index (Phi) is 4.34. The van der Waals surface area contributed by atoms with Gasteiger partial charge in [-0.05, 0) is 30.5 Å². The lowest BCUT2D eigenvalue weighted by molar-refractivity contribution is -0.283. The standard InChI is InChI=1S/C12H12ClF5O/c1-6-4-8(5-7(2)9(6)19-3)10(13)11(14,15)12(16,17)18/h4-5,10H,1-3H3. The maximum atomic E-state index is 13.2. The van der Waals surface area contributed by atoms with Crippen LogP contribution in [0, 0.1) is 13.8 Å². The third kappa shape index (κ3) is 2.94. The molecule has 0 N–H and O–H groups in total. The van der Waals surface area contributed by atoms with E-state index in [1.54, 1.807) is 13.8 Å². The van der Waals surface area contributed by atoms with Crippen LogP contribution < -0.4 is 4.74 Å². The zero-order valence-corrected chi connectivity index (χ0v) is 11.2. The maximum absolute atomic E-state index is 13.2. The van der Waals surface area contributed by atoms with Gasteiger partial charge in [0.1, 0.15) is 11.1 Å². The van der Waals surface area contributed by atoms with Gasteiger partial charge in [-0.15, -0.1) is 11.6 Å². The summed E-state index contributed by atoms with van der Waals surface area (Å²) >= 11 is 5.31. The molecule has 0 heterocycles. The van der Waals surface area contributed by atoms with Crippen LogP contribution in [0.15, 0.2) is 12.1 Å². The quantitative estimate of drug-likeness (QED) is 0.576. The van der Waals surface area contributed by atoms with E-state index < -0.39 is 17.5 Å². The van der Waals surface area contributed by atoms with Gasteiger partial charge in [-0.1, -0.05) is 12.1 Å². The Hall–Kier alpha value is -1.04. The summed E-state index contributed by atoms with van der Waals surface area (Å²) in [6.07, 6.45) is -5.69. The molecule has 0 aliphatic rings. The largest absolute Gasteiger partial charge is 0.496 e. The van der Waals surface area contributed by atoms with Gasteiger partial charge >= 0.3 is 12.1 Å². The number of alkyl halides is 6. The predicted octanol–water partition coefficient (Wildman–Crippen LogP) is 4.79. The van der Waals surface area contributed by atoms with Crippen molar-refractivity contribution in [1.82, 2.24) is 0 Å². The summed E-state index contributed by atoms with van der Waals surface area (Å²) in [6.45, 7) is 3.09. The van der Waals surface area contributed by atoms with Crippen molar-refractivity contribution >= 4 is 11.6 Å². The molecular formula is C12H12ClF5O. The molecule has 0 aromatic heterocycles. The molecular weight excluding hydrogens is 291 g/mol. The Balaban J connectivity index is 3.25. The second kappa shape index (κ2) is 5.15. The van der Waals surface area contributed by atoms with Crippen LogP contribution in [0.25, 0.3) is 0 Å². The van der Waals surface area contributed by atoms with Crippen molar-refractivity contribution in [2.75, 3.05) is 7.11 Å². The van der Waals surface area contributed by atoms with Gasteiger partial charge in [0.2, 0.25) is 0 Å². The van der Waals surface area contributed by atoms with Crippen LogP contribution in [0.3, 0.4) is 0 Å². The lowest BCUT2D eigenvalue weighted by Crippen LogP contribution is -2.40. The van der Waals surface area contributed by atoms with Crippen LogP contribution in [0.2, 0.25) is 0 Å². The highest BCUT2D eigenvalue weighted by Gasteiger charge is 2.62. The van der Waals surface area contributed by atoms with E-state index in [2.05, 4.69) is 0 Å². The second-order valence-corrected chi connectivity index (χ2v) is 4.61. The van der Waals surface area contributed by atoms with E-state index in [4.69, 9.17) is 16.3 Å². The molecule has 0 fully saturated rings. The zero-order chi connectivity index (χ0) is 15.0. The smallest absolute Gasteiger partial charge is 0.455 e. The van der Waals surface area contributed by atoms with E-state index in [9.17, 15) is 22.0 Å². The SMILES string of the molecule is COc1c(C)cc(C(Cl)C(F)(F)C(F)(F)F)cc1C. The minimum Gasteiger partial charge on any atom is -0.496 e. The van der Waals surface area contributed by atoms with E-state index >= 15 is 0 Å². The summed E-state index contributed by atoms with van der Waals surface area (Å²) in [5.74, 6) is -4.56. The van der Waals surface area contributed by atoms with Crippen LogP contribution >= 0.6 is 11.6 Å². The monoisotopic (exact) mass is 302 g/mol. The number of halogens is 6. The Morgan fingerprint density at radius 2 is 1.47 bits per heavy atom. The van der Waals surface area contributed by atoms with Crippen LogP contribution in [0.5, 0.6) is 5.75 Å². The maximum Gasteiger partial charge on any atom is 0.455 e. The van der Waals surface area contributed by atoms with E-state index in [0.29, 0.717) is 16.9 Å². The van der Waals surface area contributed by atoms with Crippen LogP contribution in [0.1, 0.15) is 22.1 Å². The molecule has 1 rings (SSSR count). The molecule has 0 bridgehead atoms. The zero-order valence-electron chi connectivity index (χ0n) is 10.4. The van der Waals surface area contributed by atoms with E-state index in [1.165, 1.54) is 19.2 Å². The highest BCUT2D eigenvalue weighted by molar-refractivity contribution is 6.21. The molecule has 19 heavy (non-hydrogen) atoms. The van der Waals surface area contributed by atoms with Crippen molar-refractivity contribution in [3.05, 3.63) is 28.8 Å². The van der Waals surface area contributed by atoms with Crippen molar-refractivity contribution in [3.63, 3.8) is 0 Å². The van der Waals surface area contributed by atoms with Gasteiger partial charge in [0.25, 0.3) is 0 Å². The summed E-state index contributed by atoms with van der Waals surface area (Å²) in [7, 11) is 1.39. The molecule has 1 nitrogen and oxygen atoms in total. The van der Waals surface area contributed by atoms with Crippen LogP contribution in [-0.4, -0.2) is 19.2 Å². The fourth-order valence-corrected chi connectivity index (χ4v) is 2.05. The van der Waals surface area contributed by atoms with Crippen molar-refractivity contribution in [1.29, 1.82) is 0 Å². The Bertz CT molecular complexity index is 447. The summed E-state index contributed by atoms with van der Waals surface area (Å²) in [6, 6.07) is 2.34. The predicted molar refractivity (Wildman–Crippen MR) is 62.1 cm³/mol. The van der Waals surface area contributed by atoms with Crippen LogP contribution in [-0.2, 0) is 0 Å². The molecule has 0 saturated carbocycles. The molecule has 1 atom stereocenters. The average Bonchev–Trinajstić information content (AvgIpc) is 2.25. The molecule has 1 unspecified atom stereocenters.